The molecule has 0 atom stereocenters. The van der Waals surface area contributed by atoms with Crippen molar-refractivity contribution in [2.75, 3.05) is 18.5 Å². The van der Waals surface area contributed by atoms with E-state index in [0.29, 0.717) is 38.2 Å². The zero-order chi connectivity index (χ0) is 17.3. The molecule has 1 aromatic carbocycles. The van der Waals surface area contributed by atoms with Crippen LogP contribution in [0.2, 0.25) is 0 Å². The van der Waals surface area contributed by atoms with Crippen LogP contribution in [0.4, 0.5) is 24.5 Å². The Bertz CT molecular complexity index is 699. The van der Waals surface area contributed by atoms with Crippen LogP contribution in [0, 0.1) is 10.1 Å². The number of hydrogen-bond donors (Lipinski definition) is 1. The Morgan fingerprint density at radius 3 is 2.39 bits per heavy atom. The zero-order valence-electron chi connectivity index (χ0n) is 11.7. The average molecular weight is 354 g/mol. The van der Waals surface area contributed by atoms with E-state index in [2.05, 4.69) is 5.32 Å². The van der Waals surface area contributed by atoms with Crippen LogP contribution in [0.15, 0.2) is 23.1 Å². The monoisotopic (exact) mass is 354 g/mol. The van der Waals surface area contributed by atoms with Crippen LogP contribution in [0.1, 0.15) is 12.8 Å². The first-order valence-corrected chi connectivity index (χ1v) is 8.05. The van der Waals surface area contributed by atoms with Crippen molar-refractivity contribution in [1.82, 2.24) is 0 Å². The van der Waals surface area contributed by atoms with Gasteiger partial charge in [0.25, 0.3) is 15.5 Å². The van der Waals surface area contributed by atoms with Gasteiger partial charge in [0.2, 0.25) is 0 Å². The summed E-state index contributed by atoms with van der Waals surface area (Å²) in [7, 11) is -5.63. The van der Waals surface area contributed by atoms with Gasteiger partial charge in [-0.15, -0.1) is 0 Å². The number of nitrogens with one attached hydrogen (secondary N) is 1. The van der Waals surface area contributed by atoms with Gasteiger partial charge in [-0.05, 0) is 25.0 Å². The largest absolute Gasteiger partial charge is 0.501 e. The lowest BCUT2D eigenvalue weighted by Gasteiger charge is -2.24. The Morgan fingerprint density at radius 1 is 1.26 bits per heavy atom. The second kappa shape index (κ2) is 6.32. The van der Waals surface area contributed by atoms with Crippen molar-refractivity contribution in [3.63, 3.8) is 0 Å². The molecular formula is C12H13F3N2O5S. The molecule has 0 unspecified atom stereocenters. The standard InChI is InChI=1S/C12H13F3N2O5S/c13-12(14,15)23(20,21)9-1-2-10(11(7-9)17(18)19)16-8-3-5-22-6-4-8/h1-2,7-8,16H,3-6H2. The van der Waals surface area contributed by atoms with E-state index in [-0.39, 0.29) is 11.7 Å². The second-order valence-electron chi connectivity index (χ2n) is 4.92. The van der Waals surface area contributed by atoms with Crippen LogP contribution in [-0.2, 0) is 14.6 Å². The van der Waals surface area contributed by atoms with E-state index in [1.807, 2.05) is 0 Å². The van der Waals surface area contributed by atoms with Crippen molar-refractivity contribution in [3.8, 4) is 0 Å². The lowest BCUT2D eigenvalue weighted by Crippen LogP contribution is -2.28. The highest BCUT2D eigenvalue weighted by atomic mass is 32.2. The van der Waals surface area contributed by atoms with Crippen LogP contribution < -0.4 is 5.32 Å². The van der Waals surface area contributed by atoms with Gasteiger partial charge in [0, 0.05) is 25.3 Å². The first kappa shape index (κ1) is 17.5. The molecule has 0 spiro atoms. The summed E-state index contributed by atoms with van der Waals surface area (Å²) in [5.41, 5.74) is -6.26. The number of rotatable bonds is 4. The predicted octanol–water partition coefficient (Wildman–Crippen LogP) is 2.48. The molecule has 1 N–H and O–H groups in total. The van der Waals surface area contributed by atoms with Gasteiger partial charge >= 0.3 is 5.51 Å². The first-order valence-electron chi connectivity index (χ1n) is 6.57. The third kappa shape index (κ3) is 3.72. The Hall–Kier alpha value is -1.88. The zero-order valence-corrected chi connectivity index (χ0v) is 12.5. The molecule has 1 aliphatic heterocycles. The van der Waals surface area contributed by atoms with Crippen molar-refractivity contribution < 1.29 is 31.2 Å². The van der Waals surface area contributed by atoms with Gasteiger partial charge < -0.3 is 10.1 Å². The number of alkyl halides is 3. The molecule has 0 radical (unpaired) electrons. The van der Waals surface area contributed by atoms with Crippen molar-refractivity contribution >= 4 is 21.2 Å². The molecular weight excluding hydrogens is 341 g/mol. The minimum Gasteiger partial charge on any atom is -0.381 e. The van der Waals surface area contributed by atoms with Gasteiger partial charge in [-0.1, -0.05) is 0 Å². The lowest BCUT2D eigenvalue weighted by molar-refractivity contribution is -0.384. The topological polar surface area (TPSA) is 98.5 Å². The normalized spacial score (nSPS) is 17.0. The van der Waals surface area contributed by atoms with Gasteiger partial charge in [0.15, 0.2) is 0 Å². The third-order valence-corrected chi connectivity index (χ3v) is 4.85. The fourth-order valence-electron chi connectivity index (χ4n) is 2.15. The van der Waals surface area contributed by atoms with Gasteiger partial charge in [-0.25, -0.2) is 8.42 Å². The van der Waals surface area contributed by atoms with E-state index in [4.69, 9.17) is 4.74 Å². The lowest BCUT2D eigenvalue weighted by atomic mass is 10.1. The molecule has 1 aliphatic rings. The van der Waals surface area contributed by atoms with Crippen LogP contribution >= 0.6 is 0 Å². The van der Waals surface area contributed by atoms with Gasteiger partial charge in [-0.2, -0.15) is 13.2 Å². The summed E-state index contributed by atoms with van der Waals surface area (Å²) in [5.74, 6) is 0. The van der Waals surface area contributed by atoms with E-state index in [1.54, 1.807) is 0 Å². The SMILES string of the molecule is O=[N+]([O-])c1cc(S(=O)(=O)C(F)(F)F)ccc1NC1CCOCC1. The highest BCUT2D eigenvalue weighted by Crippen LogP contribution is 2.35. The smallest absolute Gasteiger partial charge is 0.381 e. The number of nitro benzene ring substituents is 1. The molecule has 0 aliphatic carbocycles. The molecule has 0 saturated carbocycles. The van der Waals surface area contributed by atoms with Crippen LogP contribution in [0.25, 0.3) is 0 Å². The summed E-state index contributed by atoms with van der Waals surface area (Å²) < 4.78 is 65.4. The number of halogens is 3. The van der Waals surface area contributed by atoms with Crippen molar-refractivity contribution in [3.05, 3.63) is 28.3 Å². The molecule has 128 valence electrons. The van der Waals surface area contributed by atoms with Gasteiger partial charge in [0.1, 0.15) is 5.69 Å². The molecule has 23 heavy (non-hydrogen) atoms. The number of anilines is 1. The molecule has 0 aromatic heterocycles. The third-order valence-electron chi connectivity index (χ3n) is 3.36. The molecule has 7 nitrogen and oxygen atoms in total. The van der Waals surface area contributed by atoms with E-state index in [0.717, 1.165) is 6.07 Å². The summed E-state index contributed by atoms with van der Waals surface area (Å²) in [5, 5.41) is 13.9. The quantitative estimate of drug-likeness (QED) is 0.659. The van der Waals surface area contributed by atoms with E-state index in [1.165, 1.54) is 0 Å². The maximum atomic E-state index is 12.5. The molecule has 1 heterocycles. The molecule has 1 aromatic rings. The maximum Gasteiger partial charge on any atom is 0.501 e. The van der Waals surface area contributed by atoms with Crippen molar-refractivity contribution in [1.29, 1.82) is 0 Å². The van der Waals surface area contributed by atoms with Crippen LogP contribution in [0.3, 0.4) is 0 Å². The summed E-state index contributed by atoms with van der Waals surface area (Å²) >= 11 is 0. The van der Waals surface area contributed by atoms with Crippen LogP contribution in [-0.4, -0.2) is 38.1 Å². The number of hydrogen-bond acceptors (Lipinski definition) is 6. The number of nitro groups is 1. The van der Waals surface area contributed by atoms with E-state index in [9.17, 15) is 31.7 Å². The van der Waals surface area contributed by atoms with E-state index >= 15 is 0 Å². The van der Waals surface area contributed by atoms with Crippen molar-refractivity contribution in [2.24, 2.45) is 0 Å². The Labute approximate surface area is 129 Å². The summed E-state index contributed by atoms with van der Waals surface area (Å²) in [6.45, 7) is 0.929. The Morgan fingerprint density at radius 2 is 1.87 bits per heavy atom. The van der Waals surface area contributed by atoms with Crippen LogP contribution in [0.5, 0.6) is 0 Å². The number of ether oxygens (including phenoxy) is 1. The Balaban J connectivity index is 2.37. The first-order chi connectivity index (χ1) is 10.6. The fourth-order valence-corrected chi connectivity index (χ4v) is 2.93. The molecule has 0 amide bonds. The average Bonchev–Trinajstić information content (AvgIpc) is 2.47. The number of benzene rings is 1. The molecule has 1 fully saturated rings. The minimum atomic E-state index is -5.63. The molecule has 1 saturated heterocycles. The van der Waals surface area contributed by atoms with E-state index < -0.39 is 30.9 Å². The van der Waals surface area contributed by atoms with Crippen molar-refractivity contribution in [2.45, 2.75) is 29.3 Å². The fraction of sp³-hybridized carbons (Fsp3) is 0.500. The number of sulfone groups is 1. The predicted molar refractivity (Wildman–Crippen MR) is 73.8 cm³/mol. The molecule has 0 bridgehead atoms. The number of nitrogens with zero attached hydrogens (tertiary/aromatic N) is 1. The minimum absolute atomic E-state index is 0.0250. The highest BCUT2D eigenvalue weighted by Gasteiger charge is 2.47. The summed E-state index contributed by atoms with van der Waals surface area (Å²) in [4.78, 5) is 8.98. The highest BCUT2D eigenvalue weighted by molar-refractivity contribution is 7.92. The van der Waals surface area contributed by atoms with Gasteiger partial charge in [-0.3, -0.25) is 10.1 Å². The summed E-state index contributed by atoms with van der Waals surface area (Å²) in [6, 6.07) is 1.97. The maximum absolute atomic E-state index is 12.5. The molecule has 2 rings (SSSR count). The Kier molecular flexibility index (Phi) is 4.80. The second-order valence-corrected chi connectivity index (χ2v) is 6.86. The van der Waals surface area contributed by atoms with Gasteiger partial charge in [0.05, 0.1) is 9.82 Å². The molecule has 11 heteroatoms. The summed E-state index contributed by atoms with van der Waals surface area (Å²) in [6.07, 6.45) is 1.17.